The van der Waals surface area contributed by atoms with E-state index in [1.165, 1.54) is 6.07 Å². The minimum atomic E-state index is -0.284. The monoisotopic (exact) mass is 228 g/mol. The second-order valence-electron chi connectivity index (χ2n) is 3.77. The second-order valence-corrected chi connectivity index (χ2v) is 3.77. The van der Waals surface area contributed by atoms with E-state index in [9.17, 15) is 4.39 Å². The van der Waals surface area contributed by atoms with Crippen LogP contribution in [-0.4, -0.2) is 19.7 Å². The molecule has 0 unspecified atom stereocenters. The molecule has 0 amide bonds. The first kappa shape index (κ1) is 9.89. The molecule has 0 spiro atoms. The number of aryl methyl sites for hydroxylation is 1. The van der Waals surface area contributed by atoms with Gasteiger partial charge in [0.2, 0.25) is 0 Å². The van der Waals surface area contributed by atoms with E-state index in [1.807, 2.05) is 0 Å². The lowest BCUT2D eigenvalue weighted by Crippen LogP contribution is -1.90. The predicted octanol–water partition coefficient (Wildman–Crippen LogP) is 2.17. The number of nitrogens with zero attached hydrogens (tertiary/aromatic N) is 4. The fourth-order valence-electron chi connectivity index (χ4n) is 1.71. The predicted molar refractivity (Wildman–Crippen MR) is 61.7 cm³/mol. The molecule has 0 saturated heterocycles. The molecule has 2 aromatic heterocycles. The van der Waals surface area contributed by atoms with Gasteiger partial charge in [-0.05, 0) is 18.2 Å². The van der Waals surface area contributed by atoms with Gasteiger partial charge in [-0.2, -0.15) is 5.10 Å². The Morgan fingerprint density at radius 2 is 2.12 bits per heavy atom. The van der Waals surface area contributed by atoms with Crippen molar-refractivity contribution in [3.8, 4) is 11.4 Å². The highest BCUT2D eigenvalue weighted by molar-refractivity contribution is 5.82. The Bertz CT molecular complexity index is 690. The van der Waals surface area contributed by atoms with E-state index in [1.54, 1.807) is 42.5 Å². The first-order valence-corrected chi connectivity index (χ1v) is 5.14. The standard InChI is InChI=1S/C12H9FN4/c1-17-7-15-12(16-17)8-5-9-10(13)3-2-4-11(9)14-6-8/h2-7H,1H3. The highest BCUT2D eigenvalue weighted by atomic mass is 19.1. The van der Waals surface area contributed by atoms with Crippen molar-refractivity contribution in [1.82, 2.24) is 19.7 Å². The Balaban J connectivity index is 2.22. The maximum atomic E-state index is 13.6. The van der Waals surface area contributed by atoms with Crippen molar-refractivity contribution in [2.45, 2.75) is 0 Å². The van der Waals surface area contributed by atoms with Crippen LogP contribution in [0.25, 0.3) is 22.3 Å². The van der Waals surface area contributed by atoms with Crippen LogP contribution in [0.4, 0.5) is 4.39 Å². The summed E-state index contributed by atoms with van der Waals surface area (Å²) in [6.07, 6.45) is 3.25. The summed E-state index contributed by atoms with van der Waals surface area (Å²) in [6, 6.07) is 6.55. The molecule has 0 aliphatic heterocycles. The minimum absolute atomic E-state index is 0.284. The third-order valence-corrected chi connectivity index (χ3v) is 2.53. The minimum Gasteiger partial charge on any atom is -0.255 e. The summed E-state index contributed by atoms with van der Waals surface area (Å²) in [5, 5.41) is 4.64. The topological polar surface area (TPSA) is 43.6 Å². The molecule has 0 radical (unpaired) electrons. The lowest BCUT2D eigenvalue weighted by atomic mass is 10.1. The number of pyridine rings is 1. The maximum Gasteiger partial charge on any atom is 0.182 e. The highest BCUT2D eigenvalue weighted by Gasteiger charge is 2.07. The van der Waals surface area contributed by atoms with Crippen molar-refractivity contribution in [1.29, 1.82) is 0 Å². The second kappa shape index (κ2) is 3.62. The van der Waals surface area contributed by atoms with Crippen LogP contribution in [0.15, 0.2) is 36.8 Å². The lowest BCUT2D eigenvalue weighted by molar-refractivity contribution is 0.639. The molecule has 3 aromatic rings. The zero-order chi connectivity index (χ0) is 11.8. The van der Waals surface area contributed by atoms with E-state index in [-0.39, 0.29) is 5.82 Å². The molecular weight excluding hydrogens is 219 g/mol. The van der Waals surface area contributed by atoms with Crippen LogP contribution in [0.5, 0.6) is 0 Å². The number of rotatable bonds is 1. The van der Waals surface area contributed by atoms with E-state index in [0.29, 0.717) is 22.3 Å². The number of aromatic nitrogens is 4. The molecule has 84 valence electrons. The third-order valence-electron chi connectivity index (χ3n) is 2.53. The first-order chi connectivity index (χ1) is 8.24. The van der Waals surface area contributed by atoms with E-state index in [2.05, 4.69) is 15.1 Å². The normalized spacial score (nSPS) is 10.9. The molecule has 0 aliphatic carbocycles. The molecule has 5 heteroatoms. The van der Waals surface area contributed by atoms with Crippen LogP contribution < -0.4 is 0 Å². The summed E-state index contributed by atoms with van der Waals surface area (Å²) in [4.78, 5) is 8.31. The van der Waals surface area contributed by atoms with Gasteiger partial charge >= 0.3 is 0 Å². The van der Waals surface area contributed by atoms with Crippen LogP contribution in [0.1, 0.15) is 0 Å². The van der Waals surface area contributed by atoms with Gasteiger partial charge in [-0.15, -0.1) is 0 Å². The van der Waals surface area contributed by atoms with Crippen molar-refractivity contribution in [2.24, 2.45) is 7.05 Å². The summed E-state index contributed by atoms with van der Waals surface area (Å²) >= 11 is 0. The number of fused-ring (bicyclic) bond motifs is 1. The smallest absolute Gasteiger partial charge is 0.182 e. The summed E-state index contributed by atoms with van der Waals surface area (Å²) in [5.74, 6) is 0.262. The Labute approximate surface area is 96.7 Å². The molecule has 2 heterocycles. The fraction of sp³-hybridized carbons (Fsp3) is 0.0833. The maximum absolute atomic E-state index is 13.6. The van der Waals surface area contributed by atoms with E-state index < -0.39 is 0 Å². The van der Waals surface area contributed by atoms with Gasteiger partial charge in [0, 0.05) is 24.2 Å². The first-order valence-electron chi connectivity index (χ1n) is 5.14. The Morgan fingerprint density at radius 3 is 2.88 bits per heavy atom. The lowest BCUT2D eigenvalue weighted by Gasteiger charge is -2.00. The van der Waals surface area contributed by atoms with Crippen LogP contribution in [0.2, 0.25) is 0 Å². The quantitative estimate of drug-likeness (QED) is 0.641. The molecule has 4 nitrogen and oxygen atoms in total. The van der Waals surface area contributed by atoms with Crippen LogP contribution in [0.3, 0.4) is 0 Å². The van der Waals surface area contributed by atoms with Crippen LogP contribution in [-0.2, 0) is 7.05 Å². The zero-order valence-corrected chi connectivity index (χ0v) is 9.13. The Kier molecular flexibility index (Phi) is 2.11. The highest BCUT2D eigenvalue weighted by Crippen LogP contribution is 2.21. The van der Waals surface area contributed by atoms with E-state index in [4.69, 9.17) is 0 Å². The van der Waals surface area contributed by atoms with Crippen molar-refractivity contribution in [3.63, 3.8) is 0 Å². The molecule has 1 aromatic carbocycles. The Morgan fingerprint density at radius 1 is 1.24 bits per heavy atom. The molecule has 17 heavy (non-hydrogen) atoms. The van der Waals surface area contributed by atoms with Gasteiger partial charge in [0.15, 0.2) is 5.82 Å². The SMILES string of the molecule is Cn1cnc(-c2cnc3cccc(F)c3c2)n1. The summed E-state index contributed by atoms with van der Waals surface area (Å²) in [7, 11) is 1.78. The van der Waals surface area contributed by atoms with Gasteiger partial charge in [-0.1, -0.05) is 6.07 Å². The van der Waals surface area contributed by atoms with Gasteiger partial charge in [0.1, 0.15) is 12.1 Å². The van der Waals surface area contributed by atoms with Gasteiger partial charge in [0.25, 0.3) is 0 Å². The molecule has 0 saturated carbocycles. The Hall–Kier alpha value is -2.30. The zero-order valence-electron chi connectivity index (χ0n) is 9.13. The van der Waals surface area contributed by atoms with Gasteiger partial charge < -0.3 is 0 Å². The summed E-state index contributed by atoms with van der Waals surface area (Å²) < 4.78 is 15.2. The summed E-state index contributed by atoms with van der Waals surface area (Å²) in [5.41, 5.74) is 1.34. The third kappa shape index (κ3) is 1.65. The van der Waals surface area contributed by atoms with Gasteiger partial charge in [-0.3, -0.25) is 9.67 Å². The molecular formula is C12H9FN4. The molecule has 0 fully saturated rings. The molecule has 3 rings (SSSR count). The summed E-state index contributed by atoms with van der Waals surface area (Å²) in [6.45, 7) is 0. The number of halogens is 1. The molecule has 0 aliphatic rings. The van der Waals surface area contributed by atoms with Crippen molar-refractivity contribution < 1.29 is 4.39 Å². The van der Waals surface area contributed by atoms with Crippen molar-refractivity contribution in [2.75, 3.05) is 0 Å². The molecule has 0 N–H and O–H groups in total. The van der Waals surface area contributed by atoms with Crippen LogP contribution >= 0.6 is 0 Å². The van der Waals surface area contributed by atoms with Crippen LogP contribution in [0, 0.1) is 5.82 Å². The average Bonchev–Trinajstić information content (AvgIpc) is 2.76. The van der Waals surface area contributed by atoms with E-state index >= 15 is 0 Å². The number of hydrogen-bond acceptors (Lipinski definition) is 3. The van der Waals surface area contributed by atoms with Gasteiger partial charge in [-0.25, -0.2) is 9.37 Å². The number of hydrogen-bond donors (Lipinski definition) is 0. The average molecular weight is 228 g/mol. The fourth-order valence-corrected chi connectivity index (χ4v) is 1.71. The molecule has 0 bridgehead atoms. The van der Waals surface area contributed by atoms with Gasteiger partial charge in [0.05, 0.1) is 5.52 Å². The number of benzene rings is 1. The molecule has 0 atom stereocenters. The van der Waals surface area contributed by atoms with E-state index in [0.717, 1.165) is 0 Å². The van der Waals surface area contributed by atoms with Crippen molar-refractivity contribution in [3.05, 3.63) is 42.6 Å². The largest absolute Gasteiger partial charge is 0.255 e. The van der Waals surface area contributed by atoms with Crippen molar-refractivity contribution >= 4 is 10.9 Å².